The van der Waals surface area contributed by atoms with Crippen molar-refractivity contribution in [2.45, 2.75) is 25.9 Å². The van der Waals surface area contributed by atoms with Crippen molar-refractivity contribution in [1.29, 1.82) is 0 Å². The van der Waals surface area contributed by atoms with Crippen molar-refractivity contribution in [3.8, 4) is 10.9 Å². The Morgan fingerprint density at radius 1 is 1.14 bits per heavy atom. The number of nitrogens with one attached hydrogen (secondary N) is 2. The van der Waals surface area contributed by atoms with E-state index in [1.807, 2.05) is 34.5 Å². The summed E-state index contributed by atoms with van der Waals surface area (Å²) in [6, 6.07) is 12.8. The van der Waals surface area contributed by atoms with Crippen LogP contribution in [-0.2, 0) is 10.0 Å². The zero-order valence-electron chi connectivity index (χ0n) is 20.7. The zero-order chi connectivity index (χ0) is 26.3. The Hall–Kier alpha value is -3.48. The number of anilines is 2. The molecule has 9 nitrogen and oxygen atoms in total. The first-order valence-corrected chi connectivity index (χ1v) is 14.6. The number of methoxy groups -OCH3 is 1. The molecule has 0 amide bonds. The van der Waals surface area contributed by atoms with Crippen molar-refractivity contribution < 1.29 is 13.2 Å². The Kier molecular flexibility index (Phi) is 6.65. The summed E-state index contributed by atoms with van der Waals surface area (Å²) in [6.07, 6.45) is 4.67. The predicted octanol–water partition coefficient (Wildman–Crippen LogP) is 4.50. The molecule has 1 fully saturated rings. The van der Waals surface area contributed by atoms with Crippen LogP contribution >= 0.6 is 23.6 Å². The first-order chi connectivity index (χ1) is 17.7. The fraction of sp³-hybridized carbons (Fsp3) is 0.240. The number of benzene rings is 1. The van der Waals surface area contributed by atoms with Crippen LogP contribution in [0.2, 0.25) is 0 Å². The van der Waals surface area contributed by atoms with Gasteiger partial charge in [-0.2, -0.15) is 0 Å². The molecular weight excluding hydrogens is 529 g/mol. The average Bonchev–Trinajstić information content (AvgIpc) is 3.57. The van der Waals surface area contributed by atoms with Gasteiger partial charge in [0, 0.05) is 40.9 Å². The predicted molar refractivity (Wildman–Crippen MR) is 150 cm³/mol. The molecule has 2 atom stereocenters. The monoisotopic (exact) mass is 554 g/mol. The number of hydrogen-bond acceptors (Lipinski definition) is 7. The lowest BCUT2D eigenvalue weighted by molar-refractivity contribution is 0.417. The lowest BCUT2D eigenvalue weighted by Gasteiger charge is -2.28. The lowest BCUT2D eigenvalue weighted by Crippen LogP contribution is -2.29. The van der Waals surface area contributed by atoms with Gasteiger partial charge in [-0.05, 0) is 62.0 Å². The summed E-state index contributed by atoms with van der Waals surface area (Å²) in [5.74, 6) is 0.388. The van der Waals surface area contributed by atoms with Crippen molar-refractivity contribution in [1.82, 2.24) is 19.9 Å². The van der Waals surface area contributed by atoms with Crippen LogP contribution in [0.25, 0.3) is 5.13 Å². The van der Waals surface area contributed by atoms with Crippen LogP contribution in [-0.4, -0.2) is 41.4 Å². The van der Waals surface area contributed by atoms with Crippen molar-refractivity contribution in [2.75, 3.05) is 23.0 Å². The fourth-order valence-electron chi connectivity index (χ4n) is 4.77. The number of sulfonamides is 1. The van der Waals surface area contributed by atoms with E-state index >= 15 is 0 Å². The number of pyridine rings is 1. The van der Waals surface area contributed by atoms with Gasteiger partial charge in [0.2, 0.25) is 10.0 Å². The normalized spacial score (nSPS) is 17.6. The number of aromatic nitrogens is 3. The Balaban J connectivity index is 1.66. The van der Waals surface area contributed by atoms with Crippen molar-refractivity contribution in [2.24, 2.45) is 0 Å². The van der Waals surface area contributed by atoms with Gasteiger partial charge in [-0.1, -0.05) is 6.07 Å². The molecule has 4 heterocycles. The van der Waals surface area contributed by atoms with Gasteiger partial charge in [0.15, 0.2) is 10.2 Å². The molecule has 0 unspecified atom stereocenters. The summed E-state index contributed by atoms with van der Waals surface area (Å²) in [4.78, 5) is 11.2. The standard InChI is InChI=1S/C25H26N6O3S3/c1-15-13-18(16(2)30(15)25-27-11-12-36-25)23-22(20-7-5-6-10-26-20)28-24(35)31(23)17-8-9-19(21(14-17)34-3)29-37(4,32)33/h5-14,22-23,29H,1-4H3,(H,28,35)/t22-,23-/m0/s1. The second kappa shape index (κ2) is 9.77. The van der Waals surface area contributed by atoms with Gasteiger partial charge >= 0.3 is 0 Å². The SMILES string of the molecule is COc1cc(N2C(=S)N[C@@H](c3ccccn3)[C@@H]2c2cc(C)n(-c3nccs3)c2C)ccc1NS(C)(=O)=O. The molecule has 0 saturated carbocycles. The molecule has 1 aromatic carbocycles. The summed E-state index contributed by atoms with van der Waals surface area (Å²) in [5.41, 5.74) is 5.16. The maximum absolute atomic E-state index is 11.8. The van der Waals surface area contributed by atoms with Crippen LogP contribution in [0, 0.1) is 13.8 Å². The number of hydrogen-bond donors (Lipinski definition) is 2. The molecule has 12 heteroatoms. The minimum Gasteiger partial charge on any atom is -0.494 e. The average molecular weight is 555 g/mol. The van der Waals surface area contributed by atoms with Crippen LogP contribution < -0.4 is 19.7 Å². The summed E-state index contributed by atoms with van der Waals surface area (Å²) in [5, 5.41) is 6.86. The van der Waals surface area contributed by atoms with Crippen molar-refractivity contribution in [3.63, 3.8) is 0 Å². The van der Waals surface area contributed by atoms with Gasteiger partial charge in [0.1, 0.15) is 5.75 Å². The van der Waals surface area contributed by atoms with Gasteiger partial charge in [-0.25, -0.2) is 13.4 Å². The third-order valence-electron chi connectivity index (χ3n) is 6.26. The third-order valence-corrected chi connectivity index (χ3v) is 7.92. The quantitative estimate of drug-likeness (QED) is 0.322. The number of ether oxygens (including phenoxy) is 1. The minimum absolute atomic E-state index is 0.223. The highest BCUT2D eigenvalue weighted by Crippen LogP contribution is 2.45. The zero-order valence-corrected chi connectivity index (χ0v) is 23.1. The van der Waals surface area contributed by atoms with Gasteiger partial charge in [-0.3, -0.25) is 14.3 Å². The second-order valence-corrected chi connectivity index (χ2v) is 11.7. The molecule has 0 aliphatic carbocycles. The van der Waals surface area contributed by atoms with E-state index in [-0.39, 0.29) is 12.1 Å². The van der Waals surface area contributed by atoms with E-state index in [4.69, 9.17) is 17.0 Å². The molecule has 4 aromatic rings. The maximum Gasteiger partial charge on any atom is 0.229 e. The fourth-order valence-corrected chi connectivity index (χ4v) is 6.44. The van der Waals surface area contributed by atoms with E-state index in [1.54, 1.807) is 35.9 Å². The molecule has 1 saturated heterocycles. The smallest absolute Gasteiger partial charge is 0.229 e. The highest BCUT2D eigenvalue weighted by molar-refractivity contribution is 7.92. The van der Waals surface area contributed by atoms with E-state index in [0.29, 0.717) is 16.5 Å². The molecule has 2 N–H and O–H groups in total. The molecule has 5 rings (SSSR count). The number of thiazole rings is 1. The first kappa shape index (κ1) is 25.2. The second-order valence-electron chi connectivity index (χ2n) is 8.73. The molecule has 0 spiro atoms. The molecule has 3 aromatic heterocycles. The van der Waals surface area contributed by atoms with Crippen LogP contribution in [0.1, 0.15) is 34.7 Å². The molecular formula is C25H26N6O3S3. The van der Waals surface area contributed by atoms with E-state index in [1.165, 1.54) is 7.11 Å². The molecule has 1 aliphatic rings. The molecule has 37 heavy (non-hydrogen) atoms. The Morgan fingerprint density at radius 3 is 2.59 bits per heavy atom. The van der Waals surface area contributed by atoms with Crippen molar-refractivity contribution in [3.05, 3.63) is 82.9 Å². The summed E-state index contributed by atoms with van der Waals surface area (Å²) in [6.45, 7) is 4.14. The largest absolute Gasteiger partial charge is 0.494 e. The van der Waals surface area contributed by atoms with E-state index < -0.39 is 10.0 Å². The van der Waals surface area contributed by atoms with E-state index in [2.05, 4.69) is 44.5 Å². The van der Waals surface area contributed by atoms with Crippen LogP contribution in [0.5, 0.6) is 5.75 Å². The van der Waals surface area contributed by atoms with Gasteiger partial charge in [0.25, 0.3) is 0 Å². The van der Waals surface area contributed by atoms with Crippen LogP contribution in [0.3, 0.4) is 0 Å². The van der Waals surface area contributed by atoms with Crippen LogP contribution in [0.4, 0.5) is 11.4 Å². The Morgan fingerprint density at radius 2 is 1.95 bits per heavy atom. The summed E-state index contributed by atoms with van der Waals surface area (Å²) < 4.78 is 33.9. The minimum atomic E-state index is -3.48. The van der Waals surface area contributed by atoms with E-state index in [0.717, 1.165) is 39.7 Å². The highest BCUT2D eigenvalue weighted by Gasteiger charge is 2.42. The number of thiocarbonyl (C=S) groups is 1. The number of aryl methyl sites for hydroxylation is 1. The summed E-state index contributed by atoms with van der Waals surface area (Å²) >= 11 is 7.43. The topological polar surface area (TPSA) is 101 Å². The van der Waals surface area contributed by atoms with Crippen LogP contribution in [0.15, 0.2) is 60.2 Å². The van der Waals surface area contributed by atoms with Crippen molar-refractivity contribution >= 4 is 50.1 Å². The maximum atomic E-state index is 11.8. The Bertz CT molecular complexity index is 1550. The first-order valence-electron chi connectivity index (χ1n) is 11.4. The van der Waals surface area contributed by atoms with Gasteiger partial charge < -0.3 is 15.0 Å². The third kappa shape index (κ3) is 4.79. The lowest BCUT2D eigenvalue weighted by atomic mass is 9.96. The number of rotatable bonds is 7. The Labute approximate surface area is 225 Å². The molecule has 0 radical (unpaired) electrons. The molecule has 192 valence electrons. The van der Waals surface area contributed by atoms with E-state index in [9.17, 15) is 8.42 Å². The summed E-state index contributed by atoms with van der Waals surface area (Å²) in [7, 11) is -1.97. The van der Waals surface area contributed by atoms with Gasteiger partial charge in [-0.15, -0.1) is 11.3 Å². The molecule has 0 bridgehead atoms. The van der Waals surface area contributed by atoms with Gasteiger partial charge in [0.05, 0.1) is 36.8 Å². The number of nitrogens with zero attached hydrogens (tertiary/aromatic N) is 4. The highest BCUT2D eigenvalue weighted by atomic mass is 32.2. The molecule has 1 aliphatic heterocycles.